The fourth-order valence-corrected chi connectivity index (χ4v) is 1.75. The van der Waals surface area contributed by atoms with Gasteiger partial charge < -0.3 is 10.1 Å². The van der Waals surface area contributed by atoms with Crippen molar-refractivity contribution in [1.82, 2.24) is 5.32 Å². The molecule has 1 saturated carbocycles. The SMILES string of the molecule is CC(C)C1(NC2COC2)CC1. The first-order valence-electron chi connectivity index (χ1n) is 4.58. The molecule has 11 heavy (non-hydrogen) atoms. The molecule has 1 saturated heterocycles. The summed E-state index contributed by atoms with van der Waals surface area (Å²) in [7, 11) is 0. The van der Waals surface area contributed by atoms with Gasteiger partial charge in [-0.25, -0.2) is 0 Å². The second-order valence-corrected chi connectivity index (χ2v) is 4.19. The Bertz CT molecular complexity index is 148. The molecule has 2 heteroatoms. The van der Waals surface area contributed by atoms with Crippen LogP contribution in [0.15, 0.2) is 0 Å². The number of ether oxygens (including phenoxy) is 1. The van der Waals surface area contributed by atoms with E-state index in [-0.39, 0.29) is 0 Å². The predicted molar refractivity (Wildman–Crippen MR) is 44.5 cm³/mol. The summed E-state index contributed by atoms with van der Waals surface area (Å²) in [6.45, 7) is 6.46. The van der Waals surface area contributed by atoms with E-state index in [1.54, 1.807) is 0 Å². The Morgan fingerprint density at radius 2 is 2.00 bits per heavy atom. The van der Waals surface area contributed by atoms with Crippen LogP contribution in [0.2, 0.25) is 0 Å². The molecule has 0 aromatic heterocycles. The Hall–Kier alpha value is -0.0800. The maximum absolute atomic E-state index is 5.13. The number of nitrogens with one attached hydrogen (secondary N) is 1. The van der Waals surface area contributed by atoms with Crippen LogP contribution in [0.3, 0.4) is 0 Å². The van der Waals surface area contributed by atoms with Gasteiger partial charge in [0.25, 0.3) is 0 Å². The smallest absolute Gasteiger partial charge is 0.0643 e. The van der Waals surface area contributed by atoms with Crippen molar-refractivity contribution in [3.8, 4) is 0 Å². The Balaban J connectivity index is 1.83. The van der Waals surface area contributed by atoms with Crippen LogP contribution in [-0.2, 0) is 4.74 Å². The molecule has 0 aromatic rings. The van der Waals surface area contributed by atoms with Gasteiger partial charge in [0.15, 0.2) is 0 Å². The molecule has 1 aliphatic carbocycles. The molecule has 2 rings (SSSR count). The first-order valence-corrected chi connectivity index (χ1v) is 4.58. The van der Waals surface area contributed by atoms with Gasteiger partial charge in [0.2, 0.25) is 0 Å². The molecule has 1 N–H and O–H groups in total. The zero-order chi connectivity index (χ0) is 7.90. The van der Waals surface area contributed by atoms with E-state index >= 15 is 0 Å². The Kier molecular flexibility index (Phi) is 1.69. The van der Waals surface area contributed by atoms with Crippen molar-refractivity contribution in [1.29, 1.82) is 0 Å². The highest BCUT2D eigenvalue weighted by Gasteiger charge is 2.47. The number of hydrogen-bond donors (Lipinski definition) is 1. The maximum atomic E-state index is 5.13. The van der Waals surface area contributed by atoms with E-state index in [9.17, 15) is 0 Å². The van der Waals surface area contributed by atoms with E-state index in [2.05, 4.69) is 19.2 Å². The molecule has 0 atom stereocenters. The summed E-state index contributed by atoms with van der Waals surface area (Å²) < 4.78 is 5.13. The van der Waals surface area contributed by atoms with Crippen LogP contribution >= 0.6 is 0 Å². The molecule has 2 nitrogen and oxygen atoms in total. The molecular weight excluding hydrogens is 138 g/mol. The van der Waals surface area contributed by atoms with Crippen LogP contribution < -0.4 is 5.32 Å². The number of rotatable bonds is 3. The zero-order valence-electron chi connectivity index (χ0n) is 7.39. The molecule has 1 aliphatic heterocycles. The quantitative estimate of drug-likeness (QED) is 0.660. The highest BCUT2D eigenvalue weighted by atomic mass is 16.5. The summed E-state index contributed by atoms with van der Waals surface area (Å²) in [5.74, 6) is 0.781. The van der Waals surface area contributed by atoms with Gasteiger partial charge in [-0.15, -0.1) is 0 Å². The van der Waals surface area contributed by atoms with E-state index < -0.39 is 0 Å². The van der Waals surface area contributed by atoms with Gasteiger partial charge in [-0.2, -0.15) is 0 Å². The highest BCUT2D eigenvalue weighted by Crippen LogP contribution is 2.42. The molecule has 2 aliphatic rings. The van der Waals surface area contributed by atoms with E-state index in [4.69, 9.17) is 4.74 Å². The standard InChI is InChI=1S/C9H17NO/c1-7(2)9(3-4-9)10-8-5-11-6-8/h7-8,10H,3-6H2,1-2H3. The Labute approximate surface area is 68.3 Å². The topological polar surface area (TPSA) is 21.3 Å². The molecule has 0 bridgehead atoms. The normalized spacial score (nSPS) is 28.6. The van der Waals surface area contributed by atoms with Crippen molar-refractivity contribution in [3.63, 3.8) is 0 Å². The summed E-state index contributed by atoms with van der Waals surface area (Å²) in [6.07, 6.45) is 2.72. The lowest BCUT2D eigenvalue weighted by atomic mass is 10.0. The molecule has 0 spiro atoms. The summed E-state index contributed by atoms with van der Waals surface area (Å²) >= 11 is 0. The summed E-state index contributed by atoms with van der Waals surface area (Å²) in [6, 6.07) is 0.653. The van der Waals surface area contributed by atoms with Crippen LogP contribution in [0.1, 0.15) is 26.7 Å². The van der Waals surface area contributed by atoms with E-state index in [0.29, 0.717) is 11.6 Å². The van der Waals surface area contributed by atoms with Gasteiger partial charge in [-0.3, -0.25) is 0 Å². The third-order valence-electron chi connectivity index (χ3n) is 3.02. The van der Waals surface area contributed by atoms with E-state index in [1.165, 1.54) is 12.8 Å². The Morgan fingerprint density at radius 3 is 2.27 bits per heavy atom. The first kappa shape index (κ1) is 7.56. The van der Waals surface area contributed by atoms with Crippen molar-refractivity contribution in [3.05, 3.63) is 0 Å². The molecule has 0 unspecified atom stereocenters. The van der Waals surface area contributed by atoms with Crippen molar-refractivity contribution in [2.45, 2.75) is 38.3 Å². The number of hydrogen-bond acceptors (Lipinski definition) is 2. The zero-order valence-corrected chi connectivity index (χ0v) is 7.39. The lowest BCUT2D eigenvalue weighted by molar-refractivity contribution is -0.0146. The first-order chi connectivity index (χ1) is 5.23. The minimum absolute atomic E-state index is 0.494. The summed E-state index contributed by atoms with van der Waals surface area (Å²) in [5, 5.41) is 3.68. The molecule has 1 heterocycles. The molecular formula is C9H17NO. The van der Waals surface area contributed by atoms with Crippen molar-refractivity contribution in [2.24, 2.45) is 5.92 Å². The van der Waals surface area contributed by atoms with Crippen LogP contribution in [0.4, 0.5) is 0 Å². The van der Waals surface area contributed by atoms with Crippen LogP contribution in [0.5, 0.6) is 0 Å². The lowest BCUT2D eigenvalue weighted by Gasteiger charge is -2.33. The van der Waals surface area contributed by atoms with Crippen LogP contribution in [0.25, 0.3) is 0 Å². The van der Waals surface area contributed by atoms with Gasteiger partial charge in [-0.05, 0) is 18.8 Å². The Morgan fingerprint density at radius 1 is 1.36 bits per heavy atom. The highest BCUT2D eigenvalue weighted by molar-refractivity contribution is 5.06. The van der Waals surface area contributed by atoms with Crippen molar-refractivity contribution < 1.29 is 4.74 Å². The largest absolute Gasteiger partial charge is 0.378 e. The third-order valence-corrected chi connectivity index (χ3v) is 3.02. The summed E-state index contributed by atoms with van der Waals surface area (Å²) in [5.41, 5.74) is 0.494. The van der Waals surface area contributed by atoms with Gasteiger partial charge in [0.05, 0.1) is 19.3 Å². The monoisotopic (exact) mass is 155 g/mol. The van der Waals surface area contributed by atoms with Gasteiger partial charge in [0.1, 0.15) is 0 Å². The minimum atomic E-state index is 0.494. The maximum Gasteiger partial charge on any atom is 0.0643 e. The lowest BCUT2D eigenvalue weighted by Crippen LogP contribution is -2.53. The molecule has 64 valence electrons. The molecule has 0 amide bonds. The fourth-order valence-electron chi connectivity index (χ4n) is 1.75. The second-order valence-electron chi connectivity index (χ2n) is 4.19. The van der Waals surface area contributed by atoms with Gasteiger partial charge in [0, 0.05) is 5.54 Å². The molecule has 0 radical (unpaired) electrons. The average Bonchev–Trinajstić information content (AvgIpc) is 2.59. The fraction of sp³-hybridized carbons (Fsp3) is 1.00. The van der Waals surface area contributed by atoms with Crippen LogP contribution in [0, 0.1) is 5.92 Å². The van der Waals surface area contributed by atoms with Crippen molar-refractivity contribution in [2.75, 3.05) is 13.2 Å². The predicted octanol–water partition coefficient (Wildman–Crippen LogP) is 1.16. The van der Waals surface area contributed by atoms with Crippen LogP contribution in [-0.4, -0.2) is 24.8 Å². The second kappa shape index (κ2) is 2.46. The summed E-state index contributed by atoms with van der Waals surface area (Å²) in [4.78, 5) is 0. The van der Waals surface area contributed by atoms with E-state index in [1.807, 2.05) is 0 Å². The van der Waals surface area contributed by atoms with E-state index in [0.717, 1.165) is 19.1 Å². The van der Waals surface area contributed by atoms with Crippen molar-refractivity contribution >= 4 is 0 Å². The van der Waals surface area contributed by atoms with Gasteiger partial charge >= 0.3 is 0 Å². The van der Waals surface area contributed by atoms with Gasteiger partial charge in [-0.1, -0.05) is 13.8 Å². The molecule has 2 fully saturated rings. The third kappa shape index (κ3) is 1.30. The molecule has 0 aromatic carbocycles. The average molecular weight is 155 g/mol. The minimum Gasteiger partial charge on any atom is -0.378 e.